The molecule has 0 spiro atoms. The van der Waals surface area contributed by atoms with Crippen LogP contribution in [-0.2, 0) is 18.9 Å². The molecule has 0 saturated heterocycles. The summed E-state index contributed by atoms with van der Waals surface area (Å²) in [6.45, 7) is -0.715. The maximum atomic E-state index is 14.0. The van der Waals surface area contributed by atoms with Crippen LogP contribution in [0.4, 0.5) is 26.3 Å². The molecule has 0 amide bonds. The second-order valence-electron chi connectivity index (χ2n) is 7.38. The molecule has 14 heteroatoms. The van der Waals surface area contributed by atoms with E-state index in [1.165, 1.54) is 0 Å². The highest BCUT2D eigenvalue weighted by molar-refractivity contribution is 5.03. The molecule has 0 saturated carbocycles. The SMILES string of the molecule is CCCOCC(O)COCC(O)C(F)(F)C(F)(F)C(F)(F)C(O)COCC(O)COCCC. The molecule has 0 aliphatic heterocycles. The van der Waals surface area contributed by atoms with Crippen molar-refractivity contribution in [1.29, 1.82) is 0 Å². The van der Waals surface area contributed by atoms with Crippen molar-refractivity contribution < 1.29 is 65.7 Å². The lowest BCUT2D eigenvalue weighted by Crippen LogP contribution is -2.64. The fourth-order valence-corrected chi connectivity index (χ4v) is 2.31. The summed E-state index contributed by atoms with van der Waals surface area (Å²) in [6, 6.07) is 0. The van der Waals surface area contributed by atoms with Crippen LogP contribution in [0.3, 0.4) is 0 Å². The molecular weight excluding hydrogens is 470 g/mol. The number of rotatable bonds is 20. The van der Waals surface area contributed by atoms with Gasteiger partial charge in [0, 0.05) is 13.2 Å². The normalized spacial score (nSPS) is 17.1. The Labute approximate surface area is 188 Å². The lowest BCUT2D eigenvalue weighted by Gasteiger charge is -2.37. The van der Waals surface area contributed by atoms with Crippen LogP contribution in [0.2, 0.25) is 0 Å². The molecular formula is C19H34F6O8. The first kappa shape index (κ1) is 32.3. The van der Waals surface area contributed by atoms with Crippen molar-refractivity contribution in [2.45, 2.75) is 68.9 Å². The number of aliphatic hydroxyl groups is 4. The topological polar surface area (TPSA) is 118 Å². The van der Waals surface area contributed by atoms with Crippen LogP contribution in [-0.4, -0.2) is 115 Å². The largest absolute Gasteiger partial charge is 0.388 e. The summed E-state index contributed by atoms with van der Waals surface area (Å²) in [4.78, 5) is 0. The number of halogens is 6. The second kappa shape index (κ2) is 15.3. The monoisotopic (exact) mass is 504 g/mol. The highest BCUT2D eigenvalue weighted by atomic mass is 19.3. The molecule has 0 aliphatic carbocycles. The number of alkyl halides is 6. The minimum Gasteiger partial charge on any atom is -0.388 e. The molecule has 0 fully saturated rings. The van der Waals surface area contributed by atoms with Crippen molar-refractivity contribution in [3.8, 4) is 0 Å². The Morgan fingerprint density at radius 1 is 0.545 bits per heavy atom. The van der Waals surface area contributed by atoms with E-state index in [9.17, 15) is 46.8 Å². The van der Waals surface area contributed by atoms with Crippen LogP contribution < -0.4 is 0 Å². The van der Waals surface area contributed by atoms with Crippen LogP contribution in [0, 0.1) is 0 Å². The van der Waals surface area contributed by atoms with Crippen LogP contribution >= 0.6 is 0 Å². The molecule has 0 aromatic rings. The Bertz CT molecular complexity index is 473. The van der Waals surface area contributed by atoms with Gasteiger partial charge in [-0.25, -0.2) is 0 Å². The molecule has 0 aromatic heterocycles. The van der Waals surface area contributed by atoms with Gasteiger partial charge >= 0.3 is 17.8 Å². The molecule has 4 unspecified atom stereocenters. The molecule has 8 nitrogen and oxygen atoms in total. The van der Waals surface area contributed by atoms with Gasteiger partial charge in [-0.1, -0.05) is 13.8 Å². The van der Waals surface area contributed by atoms with E-state index in [0.717, 1.165) is 0 Å². The van der Waals surface area contributed by atoms with Crippen LogP contribution in [0.1, 0.15) is 26.7 Å². The van der Waals surface area contributed by atoms with Crippen LogP contribution in [0.15, 0.2) is 0 Å². The van der Waals surface area contributed by atoms with Crippen molar-refractivity contribution in [2.24, 2.45) is 0 Å². The van der Waals surface area contributed by atoms with Crippen molar-refractivity contribution in [3.63, 3.8) is 0 Å². The first-order valence-corrected chi connectivity index (χ1v) is 10.4. The van der Waals surface area contributed by atoms with E-state index in [-0.39, 0.29) is 26.4 Å². The van der Waals surface area contributed by atoms with Crippen molar-refractivity contribution >= 4 is 0 Å². The van der Waals surface area contributed by atoms with E-state index < -0.39 is 68.6 Å². The van der Waals surface area contributed by atoms with E-state index in [2.05, 4.69) is 9.47 Å². The molecule has 0 bridgehead atoms. The summed E-state index contributed by atoms with van der Waals surface area (Å²) < 4.78 is 103. The first-order valence-electron chi connectivity index (χ1n) is 10.4. The lowest BCUT2D eigenvalue weighted by molar-refractivity contribution is -0.356. The van der Waals surface area contributed by atoms with Crippen LogP contribution in [0.25, 0.3) is 0 Å². The van der Waals surface area contributed by atoms with Gasteiger partial charge in [0.25, 0.3) is 0 Å². The zero-order valence-electron chi connectivity index (χ0n) is 18.6. The third kappa shape index (κ3) is 10.2. The molecule has 4 N–H and O–H groups in total. The van der Waals surface area contributed by atoms with E-state index in [1.807, 2.05) is 0 Å². The summed E-state index contributed by atoms with van der Waals surface area (Å²) in [6.07, 6.45) is -8.14. The third-order valence-corrected chi connectivity index (χ3v) is 4.16. The summed E-state index contributed by atoms with van der Waals surface area (Å²) >= 11 is 0. The van der Waals surface area contributed by atoms with Crippen molar-refractivity contribution in [2.75, 3.05) is 52.9 Å². The quantitative estimate of drug-likeness (QED) is 0.145. The fraction of sp³-hybridized carbons (Fsp3) is 1.00. The van der Waals surface area contributed by atoms with Gasteiger partial charge in [0.05, 0.1) is 39.6 Å². The van der Waals surface area contributed by atoms with E-state index in [4.69, 9.17) is 9.47 Å². The summed E-state index contributed by atoms with van der Waals surface area (Å²) in [7, 11) is 0. The lowest BCUT2D eigenvalue weighted by atomic mass is 9.96. The molecule has 4 atom stereocenters. The van der Waals surface area contributed by atoms with Gasteiger partial charge in [-0.05, 0) is 12.8 Å². The number of aliphatic hydroxyl groups excluding tert-OH is 4. The van der Waals surface area contributed by atoms with Gasteiger partial charge < -0.3 is 39.4 Å². The average molecular weight is 504 g/mol. The van der Waals surface area contributed by atoms with Gasteiger partial charge in [-0.15, -0.1) is 0 Å². The van der Waals surface area contributed by atoms with Gasteiger partial charge in [0.1, 0.15) is 24.4 Å². The highest BCUT2D eigenvalue weighted by Gasteiger charge is 2.76. The standard InChI is InChI=1S/C19H34F6O8/c1-3-5-30-7-13(26)9-32-11-15(28)17(20,21)19(24,25)18(22,23)16(29)12-33-10-14(27)8-31-6-4-2/h13-16,26-29H,3-12H2,1-2H3. The van der Waals surface area contributed by atoms with E-state index in [1.54, 1.807) is 13.8 Å². The van der Waals surface area contributed by atoms with Crippen molar-refractivity contribution in [1.82, 2.24) is 0 Å². The maximum absolute atomic E-state index is 14.0. The Morgan fingerprint density at radius 3 is 1.15 bits per heavy atom. The van der Waals surface area contributed by atoms with Gasteiger partial charge in [0.15, 0.2) is 0 Å². The molecule has 0 aliphatic rings. The predicted octanol–water partition coefficient (Wildman–Crippen LogP) is 1.22. The third-order valence-electron chi connectivity index (χ3n) is 4.16. The zero-order valence-corrected chi connectivity index (χ0v) is 18.6. The maximum Gasteiger partial charge on any atom is 0.377 e. The van der Waals surface area contributed by atoms with Crippen LogP contribution in [0.5, 0.6) is 0 Å². The first-order chi connectivity index (χ1) is 15.3. The second-order valence-corrected chi connectivity index (χ2v) is 7.38. The number of hydrogen-bond acceptors (Lipinski definition) is 8. The molecule has 0 radical (unpaired) electrons. The fourth-order valence-electron chi connectivity index (χ4n) is 2.31. The Kier molecular flexibility index (Phi) is 15.0. The molecule has 33 heavy (non-hydrogen) atoms. The van der Waals surface area contributed by atoms with Gasteiger partial charge in [-0.3, -0.25) is 0 Å². The molecule has 0 rings (SSSR count). The molecule has 0 aromatic carbocycles. The highest BCUT2D eigenvalue weighted by Crippen LogP contribution is 2.49. The average Bonchev–Trinajstić information content (AvgIpc) is 2.73. The van der Waals surface area contributed by atoms with E-state index >= 15 is 0 Å². The zero-order chi connectivity index (χ0) is 25.7. The minimum atomic E-state index is -6.20. The Morgan fingerprint density at radius 2 is 0.848 bits per heavy atom. The summed E-state index contributed by atoms with van der Waals surface area (Å²) in [5, 5.41) is 37.7. The number of hydrogen-bond donors (Lipinski definition) is 4. The number of ether oxygens (including phenoxy) is 4. The van der Waals surface area contributed by atoms with Gasteiger partial charge in [0.2, 0.25) is 0 Å². The summed E-state index contributed by atoms with van der Waals surface area (Å²) in [5.74, 6) is -17.6. The smallest absolute Gasteiger partial charge is 0.377 e. The van der Waals surface area contributed by atoms with Crippen molar-refractivity contribution in [3.05, 3.63) is 0 Å². The predicted molar refractivity (Wildman–Crippen MR) is 103 cm³/mol. The molecule has 0 heterocycles. The van der Waals surface area contributed by atoms with E-state index in [0.29, 0.717) is 12.8 Å². The molecule has 200 valence electrons. The van der Waals surface area contributed by atoms with Gasteiger partial charge in [-0.2, -0.15) is 26.3 Å². The Balaban J connectivity index is 4.78. The minimum absolute atomic E-state index is 0.250. The summed E-state index contributed by atoms with van der Waals surface area (Å²) in [5.41, 5.74) is 0. The Hall–Kier alpha value is -0.740.